The lowest BCUT2D eigenvalue weighted by atomic mass is 10.1. The monoisotopic (exact) mass is 394 g/mol. The summed E-state index contributed by atoms with van der Waals surface area (Å²) >= 11 is 1.54. The number of rotatable bonds is 5. The first-order chi connectivity index (χ1) is 13.4. The van der Waals surface area contributed by atoms with Crippen LogP contribution < -0.4 is 4.90 Å². The Hall–Kier alpha value is -3.00. The molecule has 7 nitrogen and oxygen atoms in total. The third-order valence-corrected chi connectivity index (χ3v) is 5.65. The summed E-state index contributed by atoms with van der Waals surface area (Å²) in [6.07, 6.45) is 3.63. The number of hydrogen-bond donors (Lipinski definition) is 0. The molecule has 144 valence electrons. The van der Waals surface area contributed by atoms with Crippen molar-refractivity contribution in [3.8, 4) is 0 Å². The highest BCUT2D eigenvalue weighted by molar-refractivity contribution is 7.22. The molecule has 3 aromatic heterocycles. The van der Waals surface area contributed by atoms with Crippen LogP contribution in [0.3, 0.4) is 0 Å². The van der Waals surface area contributed by atoms with Gasteiger partial charge < -0.3 is 0 Å². The van der Waals surface area contributed by atoms with Crippen molar-refractivity contribution in [2.45, 2.75) is 27.3 Å². The van der Waals surface area contributed by atoms with Crippen LogP contribution in [0.5, 0.6) is 0 Å². The third kappa shape index (κ3) is 3.43. The molecule has 0 aliphatic rings. The molecule has 0 aliphatic heterocycles. The zero-order valence-electron chi connectivity index (χ0n) is 16.4. The predicted molar refractivity (Wildman–Crippen MR) is 111 cm³/mol. The fourth-order valence-electron chi connectivity index (χ4n) is 3.34. The van der Waals surface area contributed by atoms with Crippen molar-refractivity contribution in [1.82, 2.24) is 24.5 Å². The number of carbonyl (C=O) groups is 1. The molecule has 4 aromatic rings. The molecule has 3 heterocycles. The van der Waals surface area contributed by atoms with Crippen molar-refractivity contribution in [3.05, 3.63) is 59.2 Å². The summed E-state index contributed by atoms with van der Waals surface area (Å²) in [5.74, 6) is -0.108. The molecule has 0 aliphatic carbocycles. The second-order valence-corrected chi connectivity index (χ2v) is 7.95. The quantitative estimate of drug-likeness (QED) is 0.520. The molecule has 4 rings (SSSR count). The number of anilines is 1. The molecule has 0 bridgehead atoms. The van der Waals surface area contributed by atoms with E-state index in [4.69, 9.17) is 4.98 Å². The molecule has 0 radical (unpaired) electrons. The third-order valence-electron chi connectivity index (χ3n) is 4.63. The molecule has 28 heavy (non-hydrogen) atoms. The van der Waals surface area contributed by atoms with E-state index < -0.39 is 0 Å². The van der Waals surface area contributed by atoms with Crippen LogP contribution in [0.2, 0.25) is 0 Å². The van der Waals surface area contributed by atoms with Crippen molar-refractivity contribution in [1.29, 1.82) is 0 Å². The van der Waals surface area contributed by atoms with Gasteiger partial charge in [-0.05, 0) is 50.1 Å². The van der Waals surface area contributed by atoms with Gasteiger partial charge in [0.2, 0.25) is 0 Å². The topological polar surface area (TPSA) is 68.8 Å². The highest BCUT2D eigenvalue weighted by Gasteiger charge is 2.24. The van der Waals surface area contributed by atoms with Crippen molar-refractivity contribution in [2.75, 3.05) is 11.4 Å². The van der Waals surface area contributed by atoms with Crippen LogP contribution in [-0.4, -0.2) is 37.0 Å². The lowest BCUT2D eigenvalue weighted by Crippen LogP contribution is -2.35. The summed E-state index contributed by atoms with van der Waals surface area (Å²) < 4.78 is 4.53. The predicted octanol–water partition coefficient (Wildman–Crippen LogP) is 3.50. The van der Waals surface area contributed by atoms with Gasteiger partial charge in [0, 0.05) is 26.0 Å². The minimum atomic E-state index is -0.108. The van der Waals surface area contributed by atoms with E-state index in [1.807, 2.05) is 29.9 Å². The van der Waals surface area contributed by atoms with Crippen LogP contribution in [0.15, 0.2) is 36.7 Å². The Balaban J connectivity index is 1.74. The molecule has 1 amide bonds. The number of carbonyl (C=O) groups excluding carboxylic acids is 1. The van der Waals surface area contributed by atoms with Crippen LogP contribution >= 0.6 is 11.3 Å². The fourth-order valence-corrected chi connectivity index (χ4v) is 4.51. The highest BCUT2D eigenvalue weighted by Crippen LogP contribution is 2.32. The minimum absolute atomic E-state index is 0.108. The fraction of sp³-hybridized carbons (Fsp3) is 0.300. The molecule has 0 saturated carbocycles. The Kier molecular flexibility index (Phi) is 4.72. The van der Waals surface area contributed by atoms with Crippen molar-refractivity contribution >= 4 is 32.6 Å². The van der Waals surface area contributed by atoms with E-state index in [1.54, 1.807) is 34.2 Å². The Morgan fingerprint density at radius 1 is 1.21 bits per heavy atom. The normalized spacial score (nSPS) is 11.3. The van der Waals surface area contributed by atoms with E-state index in [0.717, 1.165) is 21.5 Å². The van der Waals surface area contributed by atoms with Gasteiger partial charge in [0.25, 0.3) is 5.91 Å². The molecule has 8 heteroatoms. The summed E-state index contributed by atoms with van der Waals surface area (Å²) in [6.45, 7) is 7.07. The van der Waals surface area contributed by atoms with E-state index in [1.165, 1.54) is 5.56 Å². The van der Waals surface area contributed by atoms with Gasteiger partial charge >= 0.3 is 0 Å². The van der Waals surface area contributed by atoms with Crippen LogP contribution in [-0.2, 0) is 13.6 Å². The second-order valence-electron chi connectivity index (χ2n) is 6.95. The summed E-state index contributed by atoms with van der Waals surface area (Å²) in [5, 5.41) is 9.26. The van der Waals surface area contributed by atoms with E-state index >= 15 is 0 Å². The molecule has 0 spiro atoms. The number of aryl methyl sites for hydroxylation is 4. The van der Waals surface area contributed by atoms with Gasteiger partial charge in [-0.2, -0.15) is 10.2 Å². The molecule has 0 saturated heterocycles. The Morgan fingerprint density at radius 3 is 2.71 bits per heavy atom. The highest BCUT2D eigenvalue weighted by atomic mass is 32.1. The summed E-state index contributed by atoms with van der Waals surface area (Å²) in [6, 6.07) is 7.92. The maximum absolute atomic E-state index is 13.4. The van der Waals surface area contributed by atoms with E-state index in [-0.39, 0.29) is 5.91 Å². The molecular formula is C20H22N6OS. The van der Waals surface area contributed by atoms with Gasteiger partial charge in [0.05, 0.1) is 22.5 Å². The summed E-state index contributed by atoms with van der Waals surface area (Å²) in [7, 11) is 1.79. The second kappa shape index (κ2) is 7.20. The number of thiazole rings is 1. The van der Waals surface area contributed by atoms with Gasteiger partial charge in [-0.15, -0.1) is 0 Å². The number of benzene rings is 1. The van der Waals surface area contributed by atoms with Gasteiger partial charge in [-0.3, -0.25) is 19.1 Å². The molecule has 0 N–H and O–H groups in total. The maximum atomic E-state index is 13.4. The van der Waals surface area contributed by atoms with Crippen molar-refractivity contribution < 1.29 is 4.79 Å². The van der Waals surface area contributed by atoms with Crippen LogP contribution in [0, 0.1) is 20.8 Å². The Morgan fingerprint density at radius 2 is 2.04 bits per heavy atom. The molecule has 0 fully saturated rings. The molecular weight excluding hydrogens is 372 g/mol. The average molecular weight is 395 g/mol. The first-order valence-corrected chi connectivity index (χ1v) is 9.92. The summed E-state index contributed by atoms with van der Waals surface area (Å²) in [5.41, 5.74) is 4.62. The lowest BCUT2D eigenvalue weighted by molar-refractivity contribution is 0.0976. The van der Waals surface area contributed by atoms with Gasteiger partial charge in [-0.1, -0.05) is 17.4 Å². The number of fused-ring (bicyclic) bond motifs is 1. The Bertz CT molecular complexity index is 1140. The first-order valence-electron chi connectivity index (χ1n) is 9.10. The van der Waals surface area contributed by atoms with Crippen LogP contribution in [0.1, 0.15) is 27.3 Å². The standard InChI is InChI=1S/C20H22N6OS/c1-13-10-14(2)18-17(11-13)28-20(22-18)26(9-8-25-7-5-6-21-25)19(27)16-12-15(3)23-24(16)4/h5-7,10-12H,8-9H2,1-4H3. The van der Waals surface area contributed by atoms with Crippen molar-refractivity contribution in [3.63, 3.8) is 0 Å². The lowest BCUT2D eigenvalue weighted by Gasteiger charge is -2.19. The van der Waals surface area contributed by atoms with Crippen molar-refractivity contribution in [2.24, 2.45) is 7.05 Å². The SMILES string of the molecule is Cc1cc(C)c2nc(N(CCn3cccn3)C(=O)c3cc(C)nn3C)sc2c1. The number of nitrogens with zero attached hydrogens (tertiary/aromatic N) is 6. The van der Waals surface area contributed by atoms with Crippen LogP contribution in [0.25, 0.3) is 10.2 Å². The van der Waals surface area contributed by atoms with E-state index in [2.05, 4.69) is 36.2 Å². The number of hydrogen-bond acceptors (Lipinski definition) is 5. The Labute approximate surface area is 167 Å². The van der Waals surface area contributed by atoms with Gasteiger partial charge in [0.1, 0.15) is 5.69 Å². The molecule has 0 unspecified atom stereocenters. The first kappa shape index (κ1) is 18.4. The van der Waals surface area contributed by atoms with E-state index in [0.29, 0.717) is 23.9 Å². The zero-order chi connectivity index (χ0) is 19.8. The average Bonchev–Trinajstić information content (AvgIpc) is 3.35. The van der Waals surface area contributed by atoms with Gasteiger partial charge in [-0.25, -0.2) is 4.98 Å². The van der Waals surface area contributed by atoms with E-state index in [9.17, 15) is 4.79 Å². The number of aromatic nitrogens is 5. The van der Waals surface area contributed by atoms with Gasteiger partial charge in [0.15, 0.2) is 5.13 Å². The zero-order valence-corrected chi connectivity index (χ0v) is 17.2. The number of amides is 1. The largest absolute Gasteiger partial charge is 0.281 e. The molecule has 0 atom stereocenters. The smallest absolute Gasteiger partial charge is 0.278 e. The summed E-state index contributed by atoms with van der Waals surface area (Å²) in [4.78, 5) is 19.9. The molecule has 1 aromatic carbocycles. The van der Waals surface area contributed by atoms with Crippen LogP contribution in [0.4, 0.5) is 5.13 Å². The maximum Gasteiger partial charge on any atom is 0.278 e. The minimum Gasteiger partial charge on any atom is -0.281 e.